The summed E-state index contributed by atoms with van der Waals surface area (Å²) in [6.45, 7) is 5.34. The van der Waals surface area contributed by atoms with E-state index in [2.05, 4.69) is 10.1 Å². The van der Waals surface area contributed by atoms with Gasteiger partial charge >= 0.3 is 0 Å². The minimum absolute atomic E-state index is 0.0826. The Hall–Kier alpha value is -3.26. The number of hydrogen-bond donors (Lipinski definition) is 0. The number of hydrogen-bond acceptors (Lipinski definition) is 6. The molecule has 0 saturated heterocycles. The summed E-state index contributed by atoms with van der Waals surface area (Å²) in [7, 11) is 0. The first-order valence-electron chi connectivity index (χ1n) is 8.91. The Morgan fingerprint density at radius 2 is 1.93 bits per heavy atom. The van der Waals surface area contributed by atoms with Gasteiger partial charge in [-0.1, -0.05) is 22.8 Å². The summed E-state index contributed by atoms with van der Waals surface area (Å²) in [5, 5.41) is 15.7. The van der Waals surface area contributed by atoms with Gasteiger partial charge < -0.3 is 9.42 Å². The minimum atomic E-state index is -0.498. The average molecular weight is 415 g/mol. The Balaban J connectivity index is 1.86. The first-order chi connectivity index (χ1) is 13.8. The lowest BCUT2D eigenvalue weighted by Gasteiger charge is -2.25. The lowest BCUT2D eigenvalue weighted by Crippen LogP contribution is -2.37. The van der Waals surface area contributed by atoms with E-state index in [1.165, 1.54) is 17.0 Å². The summed E-state index contributed by atoms with van der Waals surface area (Å²) in [6, 6.07) is 11.3. The molecule has 0 aliphatic carbocycles. The monoisotopic (exact) mass is 414 g/mol. The molecule has 29 heavy (non-hydrogen) atoms. The molecule has 0 N–H and O–H groups in total. The molecule has 0 radical (unpaired) electrons. The first kappa shape index (κ1) is 20.5. The smallest absolute Gasteiger partial charge is 0.273 e. The van der Waals surface area contributed by atoms with Crippen LogP contribution in [0.15, 0.2) is 47.0 Å². The number of carbonyl (C=O) groups excluding carboxylic acids is 1. The topological polar surface area (TPSA) is 102 Å². The Morgan fingerprint density at radius 3 is 2.55 bits per heavy atom. The fourth-order valence-electron chi connectivity index (χ4n) is 2.88. The number of nitrogens with zero attached hydrogens (tertiary/aromatic N) is 4. The van der Waals surface area contributed by atoms with Gasteiger partial charge in [-0.15, -0.1) is 0 Å². The summed E-state index contributed by atoms with van der Waals surface area (Å²) in [4.78, 5) is 29.7. The summed E-state index contributed by atoms with van der Waals surface area (Å²) >= 11 is 5.89. The molecule has 2 aromatic carbocycles. The van der Waals surface area contributed by atoms with Gasteiger partial charge in [0.15, 0.2) is 0 Å². The average Bonchev–Trinajstić information content (AvgIpc) is 3.14. The molecule has 150 valence electrons. The van der Waals surface area contributed by atoms with Crippen LogP contribution in [0.5, 0.6) is 0 Å². The van der Waals surface area contributed by atoms with Crippen LogP contribution in [-0.4, -0.2) is 31.9 Å². The molecule has 1 amide bonds. The number of aromatic nitrogens is 2. The maximum atomic E-state index is 13.1. The van der Waals surface area contributed by atoms with Crippen molar-refractivity contribution >= 4 is 23.2 Å². The Labute approximate surface area is 172 Å². The third kappa shape index (κ3) is 4.43. The van der Waals surface area contributed by atoms with Crippen LogP contribution in [-0.2, 0) is 6.54 Å². The van der Waals surface area contributed by atoms with E-state index in [-0.39, 0.29) is 35.6 Å². The van der Waals surface area contributed by atoms with Gasteiger partial charge in [0.05, 0.1) is 4.92 Å². The molecule has 0 unspecified atom stereocenters. The van der Waals surface area contributed by atoms with Crippen molar-refractivity contribution in [3.8, 4) is 11.4 Å². The van der Waals surface area contributed by atoms with Crippen LogP contribution in [0.25, 0.3) is 11.4 Å². The van der Waals surface area contributed by atoms with E-state index in [9.17, 15) is 14.9 Å². The summed E-state index contributed by atoms with van der Waals surface area (Å²) < 4.78 is 5.31. The fraction of sp³-hybridized carbons (Fsp3) is 0.250. The van der Waals surface area contributed by atoms with Crippen LogP contribution >= 0.6 is 11.6 Å². The van der Waals surface area contributed by atoms with Gasteiger partial charge in [-0.2, -0.15) is 4.98 Å². The number of rotatable bonds is 6. The predicted octanol–water partition coefficient (Wildman–Crippen LogP) is 4.66. The number of nitro benzene ring substituents is 1. The van der Waals surface area contributed by atoms with Crippen molar-refractivity contribution < 1.29 is 14.2 Å². The molecule has 0 aliphatic rings. The van der Waals surface area contributed by atoms with Crippen molar-refractivity contribution in [1.82, 2.24) is 15.0 Å². The standard InChI is InChI=1S/C20H19ClN4O4/c1-12(2)24(20(26)16-5-4-6-17(13(16)3)25(27)28)11-18-22-19(23-29-18)14-7-9-15(21)10-8-14/h4-10,12H,11H2,1-3H3. The molecule has 3 aromatic rings. The number of halogens is 1. The fourth-order valence-corrected chi connectivity index (χ4v) is 3.00. The highest BCUT2D eigenvalue weighted by molar-refractivity contribution is 6.30. The number of carbonyl (C=O) groups is 1. The Morgan fingerprint density at radius 1 is 1.24 bits per heavy atom. The highest BCUT2D eigenvalue weighted by Crippen LogP contribution is 2.24. The van der Waals surface area contributed by atoms with Crippen LogP contribution in [0.1, 0.15) is 35.7 Å². The molecule has 0 aliphatic heterocycles. The lowest BCUT2D eigenvalue weighted by atomic mass is 10.0. The van der Waals surface area contributed by atoms with E-state index in [1.54, 1.807) is 37.3 Å². The molecule has 0 bridgehead atoms. The van der Waals surface area contributed by atoms with E-state index in [1.807, 2.05) is 13.8 Å². The minimum Gasteiger partial charge on any atom is -0.337 e. The summed E-state index contributed by atoms with van der Waals surface area (Å²) in [6.07, 6.45) is 0. The van der Waals surface area contributed by atoms with Gasteiger partial charge in [0, 0.05) is 33.8 Å². The van der Waals surface area contributed by atoms with Crippen molar-refractivity contribution in [2.75, 3.05) is 0 Å². The zero-order valence-electron chi connectivity index (χ0n) is 16.1. The van der Waals surface area contributed by atoms with Gasteiger partial charge in [0.2, 0.25) is 11.7 Å². The van der Waals surface area contributed by atoms with Gasteiger partial charge in [0.25, 0.3) is 11.6 Å². The molecule has 1 heterocycles. The molecular formula is C20H19ClN4O4. The van der Waals surface area contributed by atoms with Crippen molar-refractivity contribution in [1.29, 1.82) is 0 Å². The third-order valence-electron chi connectivity index (χ3n) is 4.49. The zero-order chi connectivity index (χ0) is 21.1. The number of nitro groups is 1. The molecule has 0 saturated carbocycles. The van der Waals surface area contributed by atoms with Gasteiger partial charge in [-0.3, -0.25) is 14.9 Å². The van der Waals surface area contributed by atoms with Crippen LogP contribution in [0.3, 0.4) is 0 Å². The largest absolute Gasteiger partial charge is 0.337 e. The maximum absolute atomic E-state index is 13.1. The zero-order valence-corrected chi connectivity index (χ0v) is 16.9. The van der Waals surface area contributed by atoms with E-state index < -0.39 is 4.92 Å². The molecule has 9 heteroatoms. The highest BCUT2D eigenvalue weighted by atomic mass is 35.5. The normalized spacial score (nSPS) is 10.9. The van der Waals surface area contributed by atoms with Crippen molar-refractivity contribution in [3.05, 3.63) is 74.6 Å². The Kier molecular flexibility index (Phi) is 5.93. The number of benzene rings is 2. The van der Waals surface area contributed by atoms with Crippen LogP contribution in [0.2, 0.25) is 5.02 Å². The Bertz CT molecular complexity index is 1050. The van der Waals surface area contributed by atoms with Gasteiger partial charge in [-0.05, 0) is 51.1 Å². The van der Waals surface area contributed by atoms with Crippen LogP contribution < -0.4 is 0 Å². The van der Waals surface area contributed by atoms with E-state index in [4.69, 9.17) is 16.1 Å². The summed E-state index contributed by atoms with van der Waals surface area (Å²) in [5.41, 5.74) is 1.23. The van der Waals surface area contributed by atoms with Crippen molar-refractivity contribution in [2.24, 2.45) is 0 Å². The van der Waals surface area contributed by atoms with Crippen molar-refractivity contribution in [2.45, 2.75) is 33.4 Å². The molecule has 1 aromatic heterocycles. The van der Waals surface area contributed by atoms with E-state index in [0.29, 0.717) is 16.4 Å². The second kappa shape index (κ2) is 8.40. The molecule has 0 spiro atoms. The highest BCUT2D eigenvalue weighted by Gasteiger charge is 2.26. The van der Waals surface area contributed by atoms with E-state index >= 15 is 0 Å². The second-order valence-electron chi connectivity index (χ2n) is 6.75. The molecule has 8 nitrogen and oxygen atoms in total. The maximum Gasteiger partial charge on any atom is 0.273 e. The van der Waals surface area contributed by atoms with Crippen molar-refractivity contribution in [3.63, 3.8) is 0 Å². The number of amides is 1. The molecule has 0 atom stereocenters. The predicted molar refractivity (Wildman–Crippen MR) is 108 cm³/mol. The quantitative estimate of drug-likeness (QED) is 0.429. The van der Waals surface area contributed by atoms with Crippen LogP contribution in [0.4, 0.5) is 5.69 Å². The van der Waals surface area contributed by atoms with Gasteiger partial charge in [-0.25, -0.2) is 0 Å². The SMILES string of the molecule is Cc1c(C(=O)N(Cc2nc(-c3ccc(Cl)cc3)no2)C(C)C)cccc1[N+](=O)[O-]. The first-order valence-corrected chi connectivity index (χ1v) is 9.29. The summed E-state index contributed by atoms with van der Waals surface area (Å²) in [5.74, 6) is 0.312. The second-order valence-corrected chi connectivity index (χ2v) is 7.19. The van der Waals surface area contributed by atoms with Gasteiger partial charge in [0.1, 0.15) is 6.54 Å². The lowest BCUT2D eigenvalue weighted by molar-refractivity contribution is -0.385. The molecule has 0 fully saturated rings. The van der Waals surface area contributed by atoms with Crippen LogP contribution in [0, 0.1) is 17.0 Å². The molecular weight excluding hydrogens is 396 g/mol. The van der Waals surface area contributed by atoms with E-state index in [0.717, 1.165) is 5.56 Å². The molecule has 3 rings (SSSR count). The third-order valence-corrected chi connectivity index (χ3v) is 4.74.